The summed E-state index contributed by atoms with van der Waals surface area (Å²) in [4.78, 5) is 2.43. The van der Waals surface area contributed by atoms with Crippen LogP contribution < -0.4 is 10.6 Å². The van der Waals surface area contributed by atoms with Crippen molar-refractivity contribution in [1.29, 1.82) is 0 Å². The SMILES string of the molecule is Cc1cccc(N2CCSC(C)(C)CC2)c1N. The van der Waals surface area contributed by atoms with Gasteiger partial charge in [-0.1, -0.05) is 26.0 Å². The Bertz CT molecular complexity index is 401. The summed E-state index contributed by atoms with van der Waals surface area (Å²) in [6.45, 7) is 8.95. The third-order valence-corrected chi connectivity index (χ3v) is 4.85. The lowest BCUT2D eigenvalue weighted by molar-refractivity contribution is 0.638. The molecular formula is C14H22N2S. The lowest BCUT2D eigenvalue weighted by atomic mass is 10.1. The minimum Gasteiger partial charge on any atom is -0.397 e. The summed E-state index contributed by atoms with van der Waals surface area (Å²) in [5.41, 5.74) is 9.52. The molecule has 0 atom stereocenters. The Morgan fingerprint density at radius 3 is 2.82 bits per heavy atom. The minimum atomic E-state index is 0.396. The van der Waals surface area contributed by atoms with E-state index in [1.54, 1.807) is 0 Å². The van der Waals surface area contributed by atoms with Crippen LogP contribution in [0.15, 0.2) is 18.2 Å². The highest BCUT2D eigenvalue weighted by Gasteiger charge is 2.24. The van der Waals surface area contributed by atoms with E-state index in [4.69, 9.17) is 5.73 Å². The Morgan fingerprint density at radius 2 is 2.06 bits per heavy atom. The van der Waals surface area contributed by atoms with Gasteiger partial charge in [0, 0.05) is 23.6 Å². The van der Waals surface area contributed by atoms with Gasteiger partial charge in [-0.05, 0) is 25.0 Å². The van der Waals surface area contributed by atoms with Crippen LogP contribution in [0.2, 0.25) is 0 Å². The predicted octanol–water partition coefficient (Wildman–Crippen LogP) is 3.30. The highest BCUT2D eigenvalue weighted by molar-refractivity contribution is 8.00. The first-order valence-electron chi connectivity index (χ1n) is 6.24. The molecule has 1 fully saturated rings. The number of benzene rings is 1. The molecule has 2 nitrogen and oxygen atoms in total. The summed E-state index contributed by atoms with van der Waals surface area (Å²) in [5, 5.41) is 0. The van der Waals surface area contributed by atoms with E-state index in [-0.39, 0.29) is 0 Å². The normalized spacial score (nSPS) is 20.1. The van der Waals surface area contributed by atoms with Crippen molar-refractivity contribution in [3.8, 4) is 0 Å². The molecule has 3 heteroatoms. The van der Waals surface area contributed by atoms with E-state index in [0.717, 1.165) is 18.8 Å². The maximum Gasteiger partial charge on any atom is 0.0602 e. The van der Waals surface area contributed by atoms with Crippen LogP contribution in [0.25, 0.3) is 0 Å². The topological polar surface area (TPSA) is 29.3 Å². The van der Waals surface area contributed by atoms with Crippen LogP contribution in [0.4, 0.5) is 11.4 Å². The minimum absolute atomic E-state index is 0.396. The lowest BCUT2D eigenvalue weighted by Gasteiger charge is -2.26. The number of hydrogen-bond acceptors (Lipinski definition) is 3. The average molecular weight is 250 g/mol. The van der Waals surface area contributed by atoms with Crippen molar-refractivity contribution in [2.45, 2.75) is 31.9 Å². The van der Waals surface area contributed by atoms with Crippen molar-refractivity contribution < 1.29 is 0 Å². The number of hydrogen-bond donors (Lipinski definition) is 1. The molecule has 0 aromatic heterocycles. The molecule has 17 heavy (non-hydrogen) atoms. The zero-order valence-electron chi connectivity index (χ0n) is 11.0. The monoisotopic (exact) mass is 250 g/mol. The summed E-state index contributed by atoms with van der Waals surface area (Å²) in [7, 11) is 0. The second-order valence-electron chi connectivity index (χ2n) is 5.35. The quantitative estimate of drug-likeness (QED) is 0.775. The average Bonchev–Trinajstić information content (AvgIpc) is 2.44. The lowest BCUT2D eigenvalue weighted by Crippen LogP contribution is -2.27. The number of nitrogen functional groups attached to an aromatic ring is 1. The first kappa shape index (κ1) is 12.6. The smallest absolute Gasteiger partial charge is 0.0602 e. The van der Waals surface area contributed by atoms with Crippen LogP contribution in [0, 0.1) is 6.92 Å². The summed E-state index contributed by atoms with van der Waals surface area (Å²) in [6, 6.07) is 6.32. The molecular weight excluding hydrogens is 228 g/mol. The Balaban J connectivity index is 2.20. The van der Waals surface area contributed by atoms with Gasteiger partial charge < -0.3 is 10.6 Å². The predicted molar refractivity (Wildman–Crippen MR) is 79.0 cm³/mol. The number of nitrogens with zero attached hydrogens (tertiary/aromatic N) is 1. The van der Waals surface area contributed by atoms with Crippen molar-refractivity contribution in [3.05, 3.63) is 23.8 Å². The van der Waals surface area contributed by atoms with Crippen LogP contribution in [0.5, 0.6) is 0 Å². The Labute approximate surface area is 109 Å². The molecule has 0 spiro atoms. The highest BCUT2D eigenvalue weighted by atomic mass is 32.2. The third-order valence-electron chi connectivity index (χ3n) is 3.48. The zero-order chi connectivity index (χ0) is 12.5. The molecule has 0 unspecified atom stereocenters. The van der Waals surface area contributed by atoms with Gasteiger partial charge in [-0.15, -0.1) is 0 Å². The van der Waals surface area contributed by atoms with Crippen LogP contribution >= 0.6 is 11.8 Å². The number of nitrogens with two attached hydrogens (primary N) is 1. The second kappa shape index (κ2) is 4.81. The largest absolute Gasteiger partial charge is 0.397 e. The Morgan fingerprint density at radius 1 is 1.29 bits per heavy atom. The van der Waals surface area contributed by atoms with E-state index in [0.29, 0.717) is 4.75 Å². The van der Waals surface area contributed by atoms with Crippen LogP contribution in [-0.2, 0) is 0 Å². The molecule has 0 aliphatic carbocycles. The molecule has 0 amide bonds. The molecule has 0 saturated carbocycles. The molecule has 1 aromatic rings. The van der Waals surface area contributed by atoms with Crippen molar-refractivity contribution in [1.82, 2.24) is 0 Å². The molecule has 0 radical (unpaired) electrons. The number of thioether (sulfide) groups is 1. The van der Waals surface area contributed by atoms with E-state index in [9.17, 15) is 0 Å². The van der Waals surface area contributed by atoms with Gasteiger partial charge in [0.15, 0.2) is 0 Å². The van der Waals surface area contributed by atoms with Crippen LogP contribution in [0.3, 0.4) is 0 Å². The maximum atomic E-state index is 6.18. The summed E-state index contributed by atoms with van der Waals surface area (Å²) < 4.78 is 0.396. The zero-order valence-corrected chi connectivity index (χ0v) is 11.8. The number of anilines is 2. The van der Waals surface area contributed by atoms with Gasteiger partial charge in [0.25, 0.3) is 0 Å². The number of aryl methyl sites for hydroxylation is 1. The summed E-state index contributed by atoms with van der Waals surface area (Å²) in [5.74, 6) is 1.18. The molecule has 1 aliphatic heterocycles. The van der Waals surface area contributed by atoms with E-state index >= 15 is 0 Å². The fourth-order valence-electron chi connectivity index (χ4n) is 2.20. The van der Waals surface area contributed by atoms with Gasteiger partial charge >= 0.3 is 0 Å². The van der Waals surface area contributed by atoms with Gasteiger partial charge in [0.05, 0.1) is 11.4 Å². The van der Waals surface area contributed by atoms with Gasteiger partial charge in [-0.2, -0.15) is 11.8 Å². The van der Waals surface area contributed by atoms with Crippen molar-refractivity contribution in [3.63, 3.8) is 0 Å². The first-order chi connectivity index (χ1) is 7.99. The molecule has 1 heterocycles. The number of para-hydroxylation sites is 1. The summed E-state index contributed by atoms with van der Waals surface area (Å²) >= 11 is 2.07. The van der Waals surface area contributed by atoms with E-state index in [1.807, 2.05) is 0 Å². The molecule has 0 bridgehead atoms. The fourth-order valence-corrected chi connectivity index (χ4v) is 3.30. The van der Waals surface area contributed by atoms with Crippen molar-refractivity contribution in [2.75, 3.05) is 29.5 Å². The molecule has 2 rings (SSSR count). The summed E-state index contributed by atoms with van der Waals surface area (Å²) in [6.07, 6.45) is 1.21. The van der Waals surface area contributed by atoms with Crippen LogP contribution in [-0.4, -0.2) is 23.6 Å². The van der Waals surface area contributed by atoms with Gasteiger partial charge in [-0.25, -0.2) is 0 Å². The highest BCUT2D eigenvalue weighted by Crippen LogP contribution is 2.34. The third kappa shape index (κ3) is 2.89. The van der Waals surface area contributed by atoms with E-state index in [1.165, 1.54) is 23.4 Å². The van der Waals surface area contributed by atoms with Gasteiger partial charge in [0.2, 0.25) is 0 Å². The second-order valence-corrected chi connectivity index (χ2v) is 7.16. The molecule has 2 N–H and O–H groups in total. The standard InChI is InChI=1S/C14H22N2S/c1-11-5-4-6-12(13(11)15)16-8-7-14(2,3)17-10-9-16/h4-6H,7-10,15H2,1-3H3. The number of rotatable bonds is 1. The van der Waals surface area contributed by atoms with Crippen molar-refractivity contribution >= 4 is 23.1 Å². The van der Waals surface area contributed by atoms with Gasteiger partial charge in [-0.3, -0.25) is 0 Å². The Kier molecular flexibility index (Phi) is 3.57. The van der Waals surface area contributed by atoms with Crippen molar-refractivity contribution in [2.24, 2.45) is 0 Å². The van der Waals surface area contributed by atoms with Gasteiger partial charge in [0.1, 0.15) is 0 Å². The maximum absolute atomic E-state index is 6.18. The fraction of sp³-hybridized carbons (Fsp3) is 0.571. The molecule has 1 aromatic carbocycles. The molecule has 94 valence electrons. The Hall–Kier alpha value is -0.830. The molecule has 1 aliphatic rings. The molecule has 1 saturated heterocycles. The van der Waals surface area contributed by atoms with E-state index in [2.05, 4.69) is 55.6 Å². The first-order valence-corrected chi connectivity index (χ1v) is 7.22. The van der Waals surface area contributed by atoms with E-state index < -0.39 is 0 Å². The van der Waals surface area contributed by atoms with Crippen LogP contribution in [0.1, 0.15) is 25.8 Å².